The molecule has 2 aromatic carbocycles. The number of rotatable bonds is 4. The van der Waals surface area contributed by atoms with Crippen LogP contribution < -0.4 is 14.8 Å². The van der Waals surface area contributed by atoms with E-state index in [1.807, 2.05) is 0 Å². The van der Waals surface area contributed by atoms with E-state index in [0.29, 0.717) is 40.9 Å². The first-order valence-corrected chi connectivity index (χ1v) is 7.63. The number of amides is 1. The van der Waals surface area contributed by atoms with Gasteiger partial charge in [0.05, 0.1) is 16.7 Å². The van der Waals surface area contributed by atoms with Crippen LogP contribution in [0.2, 0.25) is 5.02 Å². The Bertz CT molecular complexity index is 719. The number of benzene rings is 2. The van der Waals surface area contributed by atoms with Crippen molar-refractivity contribution in [3.8, 4) is 11.5 Å². The second-order valence-corrected chi connectivity index (χ2v) is 5.52. The molecule has 1 atom stereocenters. The van der Waals surface area contributed by atoms with Crippen molar-refractivity contribution in [3.05, 3.63) is 58.6 Å². The first-order valence-electron chi connectivity index (χ1n) is 7.25. The number of halogens is 1. The molecule has 1 unspecified atom stereocenters. The molecular formula is C17H16ClNO4. The van der Waals surface area contributed by atoms with Crippen LogP contribution in [0.15, 0.2) is 42.5 Å². The zero-order chi connectivity index (χ0) is 16.2. The Morgan fingerprint density at radius 2 is 1.91 bits per heavy atom. The highest BCUT2D eigenvalue weighted by Gasteiger charge is 2.17. The largest absolute Gasteiger partial charge is 0.486 e. The van der Waals surface area contributed by atoms with Crippen molar-refractivity contribution >= 4 is 17.5 Å². The molecule has 0 bridgehead atoms. The first kappa shape index (κ1) is 15.6. The van der Waals surface area contributed by atoms with E-state index >= 15 is 0 Å². The summed E-state index contributed by atoms with van der Waals surface area (Å²) in [7, 11) is 0. The van der Waals surface area contributed by atoms with Gasteiger partial charge < -0.3 is 19.9 Å². The number of hydrogen-bond donors (Lipinski definition) is 2. The minimum atomic E-state index is -0.850. The number of ether oxygens (including phenoxy) is 2. The van der Waals surface area contributed by atoms with Crippen LogP contribution in [-0.4, -0.2) is 30.8 Å². The predicted octanol–water partition coefficient (Wildman–Crippen LogP) is 2.57. The number of nitrogens with one attached hydrogen (secondary N) is 1. The van der Waals surface area contributed by atoms with E-state index in [1.54, 1.807) is 42.5 Å². The third-order valence-electron chi connectivity index (χ3n) is 3.53. The molecule has 0 saturated heterocycles. The van der Waals surface area contributed by atoms with Gasteiger partial charge in [-0.25, -0.2) is 0 Å². The van der Waals surface area contributed by atoms with Gasteiger partial charge in [0.15, 0.2) is 11.5 Å². The maximum Gasteiger partial charge on any atom is 0.252 e. The van der Waals surface area contributed by atoms with Crippen molar-refractivity contribution in [2.24, 2.45) is 0 Å². The van der Waals surface area contributed by atoms with Gasteiger partial charge in [-0.2, -0.15) is 0 Å². The fourth-order valence-electron chi connectivity index (χ4n) is 2.32. The smallest absolute Gasteiger partial charge is 0.252 e. The van der Waals surface area contributed by atoms with Crippen LogP contribution in [0.5, 0.6) is 11.5 Å². The lowest BCUT2D eigenvalue weighted by molar-refractivity contribution is 0.0916. The molecule has 3 rings (SSSR count). The monoisotopic (exact) mass is 333 g/mol. The highest BCUT2D eigenvalue weighted by atomic mass is 35.5. The van der Waals surface area contributed by atoms with Crippen LogP contribution in [0.25, 0.3) is 0 Å². The topological polar surface area (TPSA) is 67.8 Å². The summed E-state index contributed by atoms with van der Waals surface area (Å²) < 4.78 is 10.9. The molecule has 1 heterocycles. The summed E-state index contributed by atoms with van der Waals surface area (Å²) >= 11 is 5.98. The van der Waals surface area contributed by atoms with E-state index in [9.17, 15) is 9.90 Å². The summed E-state index contributed by atoms with van der Waals surface area (Å²) in [5, 5.41) is 13.3. The molecule has 0 saturated carbocycles. The molecule has 2 N–H and O–H groups in total. The van der Waals surface area contributed by atoms with E-state index < -0.39 is 6.10 Å². The summed E-state index contributed by atoms with van der Waals surface area (Å²) in [6.07, 6.45) is -0.850. The molecule has 0 aliphatic carbocycles. The third kappa shape index (κ3) is 3.57. The molecule has 6 heteroatoms. The lowest BCUT2D eigenvalue weighted by Gasteiger charge is -2.20. The SMILES string of the molecule is O=C(NCC(O)c1ccc2c(c1)OCCO2)c1ccccc1Cl. The average Bonchev–Trinajstić information content (AvgIpc) is 2.59. The molecule has 0 radical (unpaired) electrons. The second kappa shape index (κ2) is 6.89. The molecule has 1 amide bonds. The molecule has 23 heavy (non-hydrogen) atoms. The van der Waals surface area contributed by atoms with E-state index in [4.69, 9.17) is 21.1 Å². The van der Waals surface area contributed by atoms with Gasteiger partial charge in [0.2, 0.25) is 0 Å². The van der Waals surface area contributed by atoms with Crippen LogP contribution in [0.4, 0.5) is 0 Å². The average molecular weight is 334 g/mol. The van der Waals surface area contributed by atoms with Crippen molar-refractivity contribution in [3.63, 3.8) is 0 Å². The highest BCUT2D eigenvalue weighted by Crippen LogP contribution is 2.32. The van der Waals surface area contributed by atoms with Gasteiger partial charge >= 0.3 is 0 Å². The van der Waals surface area contributed by atoms with Crippen LogP contribution in [0, 0.1) is 0 Å². The number of fused-ring (bicyclic) bond motifs is 1. The normalized spacial score (nSPS) is 14.2. The Morgan fingerprint density at radius 1 is 1.17 bits per heavy atom. The van der Waals surface area contributed by atoms with Crippen LogP contribution in [-0.2, 0) is 0 Å². The standard InChI is InChI=1S/C17H16ClNO4/c18-13-4-2-1-3-12(13)17(21)19-10-14(20)11-5-6-15-16(9-11)23-8-7-22-15/h1-6,9,14,20H,7-8,10H2,(H,19,21). The Labute approximate surface area is 138 Å². The molecule has 0 aromatic heterocycles. The molecule has 1 aliphatic rings. The van der Waals surface area contributed by atoms with Gasteiger partial charge in [0.25, 0.3) is 5.91 Å². The molecule has 5 nitrogen and oxygen atoms in total. The molecule has 1 aliphatic heterocycles. The van der Waals surface area contributed by atoms with Crippen molar-refractivity contribution < 1.29 is 19.4 Å². The maximum absolute atomic E-state index is 12.1. The van der Waals surface area contributed by atoms with Crippen molar-refractivity contribution in [1.82, 2.24) is 5.32 Å². The van der Waals surface area contributed by atoms with Gasteiger partial charge in [-0.3, -0.25) is 4.79 Å². The Morgan fingerprint density at radius 3 is 2.70 bits per heavy atom. The summed E-state index contributed by atoms with van der Waals surface area (Å²) in [5.41, 5.74) is 1.03. The zero-order valence-electron chi connectivity index (χ0n) is 12.3. The number of hydrogen-bond acceptors (Lipinski definition) is 4. The van der Waals surface area contributed by atoms with Crippen LogP contribution >= 0.6 is 11.6 Å². The van der Waals surface area contributed by atoms with Crippen LogP contribution in [0.3, 0.4) is 0 Å². The minimum absolute atomic E-state index is 0.0731. The summed E-state index contributed by atoms with van der Waals surface area (Å²) in [6.45, 7) is 1.07. The van der Waals surface area contributed by atoms with Crippen molar-refractivity contribution in [2.45, 2.75) is 6.10 Å². The zero-order valence-corrected chi connectivity index (χ0v) is 13.0. The highest BCUT2D eigenvalue weighted by molar-refractivity contribution is 6.33. The number of carbonyl (C=O) groups excluding carboxylic acids is 1. The van der Waals surface area contributed by atoms with Gasteiger partial charge in [0.1, 0.15) is 13.2 Å². The number of aliphatic hydroxyl groups excluding tert-OH is 1. The molecule has 0 spiro atoms. The lowest BCUT2D eigenvalue weighted by Crippen LogP contribution is -2.28. The second-order valence-electron chi connectivity index (χ2n) is 5.11. The van der Waals surface area contributed by atoms with Crippen molar-refractivity contribution in [1.29, 1.82) is 0 Å². The molecule has 0 fully saturated rings. The van der Waals surface area contributed by atoms with Crippen molar-refractivity contribution in [2.75, 3.05) is 19.8 Å². The first-order chi connectivity index (χ1) is 11.1. The maximum atomic E-state index is 12.1. The fourth-order valence-corrected chi connectivity index (χ4v) is 2.54. The van der Waals surface area contributed by atoms with Crippen LogP contribution in [0.1, 0.15) is 22.0 Å². The summed E-state index contributed by atoms with van der Waals surface area (Å²) in [6, 6.07) is 12.0. The Balaban J connectivity index is 1.64. The van der Waals surface area contributed by atoms with Gasteiger partial charge in [-0.05, 0) is 29.8 Å². The van der Waals surface area contributed by atoms with E-state index in [1.165, 1.54) is 0 Å². The predicted molar refractivity (Wildman–Crippen MR) is 86.2 cm³/mol. The lowest BCUT2D eigenvalue weighted by atomic mass is 10.1. The minimum Gasteiger partial charge on any atom is -0.486 e. The van der Waals surface area contributed by atoms with Gasteiger partial charge in [-0.15, -0.1) is 0 Å². The summed E-state index contributed by atoms with van der Waals surface area (Å²) in [4.78, 5) is 12.1. The van der Waals surface area contributed by atoms with E-state index in [0.717, 1.165) is 0 Å². The van der Waals surface area contributed by atoms with Gasteiger partial charge in [0, 0.05) is 6.54 Å². The summed E-state index contributed by atoms with van der Waals surface area (Å²) in [5.74, 6) is 0.935. The number of carbonyl (C=O) groups is 1. The fraction of sp³-hybridized carbons (Fsp3) is 0.235. The Kier molecular flexibility index (Phi) is 4.69. The quantitative estimate of drug-likeness (QED) is 0.902. The van der Waals surface area contributed by atoms with Gasteiger partial charge in [-0.1, -0.05) is 29.8 Å². The Hall–Kier alpha value is -2.24. The van der Waals surface area contributed by atoms with E-state index in [-0.39, 0.29) is 12.5 Å². The molecule has 2 aromatic rings. The van der Waals surface area contributed by atoms with E-state index in [2.05, 4.69) is 5.32 Å². The number of aliphatic hydroxyl groups is 1. The molecule has 120 valence electrons. The third-order valence-corrected chi connectivity index (χ3v) is 3.86. The molecular weight excluding hydrogens is 318 g/mol.